The minimum atomic E-state index is -1.65. The van der Waals surface area contributed by atoms with Gasteiger partial charge in [0, 0.05) is 24.5 Å². The molecule has 0 saturated carbocycles. The third-order valence-electron chi connectivity index (χ3n) is 4.86. The van der Waals surface area contributed by atoms with Gasteiger partial charge in [-0.1, -0.05) is 0 Å². The molecule has 0 aromatic heterocycles. The number of anilines is 3. The van der Waals surface area contributed by atoms with Gasteiger partial charge in [-0.2, -0.15) is 0 Å². The van der Waals surface area contributed by atoms with E-state index >= 15 is 0 Å². The topological polar surface area (TPSA) is 65.9 Å². The molecule has 30 heavy (non-hydrogen) atoms. The molecule has 1 atom stereocenters. The highest BCUT2D eigenvalue weighted by molar-refractivity contribution is 5.93. The fraction of sp³-hybridized carbons (Fsp3) is 0.333. The SMILES string of the molecule is C[NH+](CC(=O)Nc1ccc(N2CCCC2)cc1)CC(=O)Nc1ccc(F)c(F)c1F. The van der Waals surface area contributed by atoms with Gasteiger partial charge in [0.05, 0.1) is 12.7 Å². The smallest absolute Gasteiger partial charge is 0.279 e. The molecule has 0 aliphatic carbocycles. The van der Waals surface area contributed by atoms with Gasteiger partial charge in [0.15, 0.2) is 30.5 Å². The standard InChI is InChI=1S/C21H23F3N4O2/c1-27(13-19(30)26-17-9-8-16(22)20(23)21(17)24)12-18(29)25-14-4-6-15(7-5-14)28-10-2-3-11-28/h4-9H,2-3,10-13H2,1H3,(H,25,29)(H,26,30)/p+1. The zero-order chi connectivity index (χ0) is 21.7. The van der Waals surface area contributed by atoms with Crippen LogP contribution in [0.1, 0.15) is 12.8 Å². The molecule has 9 heteroatoms. The van der Waals surface area contributed by atoms with Gasteiger partial charge in [-0.15, -0.1) is 0 Å². The second kappa shape index (κ2) is 9.62. The van der Waals surface area contributed by atoms with Crippen LogP contribution in [0.5, 0.6) is 0 Å². The zero-order valence-corrected chi connectivity index (χ0v) is 16.6. The summed E-state index contributed by atoms with van der Waals surface area (Å²) in [7, 11) is 1.62. The Hall–Kier alpha value is -3.07. The second-order valence-electron chi connectivity index (χ2n) is 7.37. The number of carbonyl (C=O) groups is 2. The zero-order valence-electron chi connectivity index (χ0n) is 16.6. The first-order valence-corrected chi connectivity index (χ1v) is 9.73. The van der Waals surface area contributed by atoms with Crippen LogP contribution in [0.2, 0.25) is 0 Å². The summed E-state index contributed by atoms with van der Waals surface area (Å²) in [6, 6.07) is 9.26. The predicted octanol–water partition coefficient (Wildman–Crippen LogP) is 1.80. The van der Waals surface area contributed by atoms with Gasteiger partial charge in [-0.3, -0.25) is 9.59 Å². The van der Waals surface area contributed by atoms with Crippen LogP contribution in [0.4, 0.5) is 30.2 Å². The number of quaternary nitrogens is 1. The van der Waals surface area contributed by atoms with E-state index in [1.165, 1.54) is 12.8 Å². The number of carbonyl (C=O) groups excluding carboxylic acids is 2. The first kappa shape index (κ1) is 21.6. The molecule has 2 aromatic carbocycles. The van der Waals surface area contributed by atoms with Crippen LogP contribution in [-0.4, -0.2) is 45.0 Å². The van der Waals surface area contributed by atoms with Gasteiger partial charge in [0.2, 0.25) is 0 Å². The average molecular weight is 421 g/mol. The number of rotatable bonds is 7. The number of nitrogens with zero attached hydrogens (tertiary/aromatic N) is 1. The van der Waals surface area contributed by atoms with Crippen molar-refractivity contribution in [2.75, 3.05) is 48.8 Å². The Balaban J connectivity index is 1.47. The van der Waals surface area contributed by atoms with E-state index in [2.05, 4.69) is 15.5 Å². The van der Waals surface area contributed by atoms with Crippen LogP contribution in [0.3, 0.4) is 0 Å². The molecule has 0 spiro atoms. The molecule has 160 valence electrons. The Morgan fingerprint density at radius 3 is 2.13 bits per heavy atom. The number of hydrogen-bond donors (Lipinski definition) is 3. The van der Waals surface area contributed by atoms with Crippen LogP contribution in [0.15, 0.2) is 36.4 Å². The van der Waals surface area contributed by atoms with Crippen LogP contribution < -0.4 is 20.4 Å². The van der Waals surface area contributed by atoms with Crippen molar-refractivity contribution in [1.29, 1.82) is 0 Å². The predicted molar refractivity (Wildman–Crippen MR) is 108 cm³/mol. The molecule has 6 nitrogen and oxygen atoms in total. The lowest BCUT2D eigenvalue weighted by molar-refractivity contribution is -0.862. The molecule has 1 fully saturated rings. The molecule has 1 heterocycles. The quantitative estimate of drug-likeness (QED) is 0.598. The van der Waals surface area contributed by atoms with Crippen molar-refractivity contribution in [3.05, 3.63) is 53.8 Å². The first-order chi connectivity index (χ1) is 14.3. The van der Waals surface area contributed by atoms with Crippen LogP contribution in [-0.2, 0) is 9.59 Å². The normalized spacial score (nSPS) is 14.5. The number of hydrogen-bond acceptors (Lipinski definition) is 3. The minimum Gasteiger partial charge on any atom is -0.372 e. The highest BCUT2D eigenvalue weighted by Crippen LogP contribution is 2.22. The Bertz CT molecular complexity index is 915. The Labute approximate surface area is 172 Å². The Morgan fingerprint density at radius 1 is 0.900 bits per heavy atom. The van der Waals surface area contributed by atoms with E-state index in [9.17, 15) is 22.8 Å². The van der Waals surface area contributed by atoms with E-state index in [-0.39, 0.29) is 19.0 Å². The molecule has 1 aliphatic rings. The number of halogens is 3. The fourth-order valence-electron chi connectivity index (χ4n) is 3.36. The Kier molecular flexibility index (Phi) is 6.94. The highest BCUT2D eigenvalue weighted by Gasteiger charge is 2.19. The summed E-state index contributed by atoms with van der Waals surface area (Å²) in [5, 5.41) is 4.96. The molecule has 3 rings (SSSR count). The fourth-order valence-corrected chi connectivity index (χ4v) is 3.36. The third kappa shape index (κ3) is 5.50. The maximum Gasteiger partial charge on any atom is 0.279 e. The maximum atomic E-state index is 13.6. The van der Waals surface area contributed by atoms with Gasteiger partial charge in [-0.05, 0) is 49.2 Å². The highest BCUT2D eigenvalue weighted by atomic mass is 19.2. The molecule has 1 unspecified atom stereocenters. The molecule has 1 saturated heterocycles. The van der Waals surface area contributed by atoms with E-state index < -0.39 is 29.0 Å². The van der Waals surface area contributed by atoms with Crippen molar-refractivity contribution in [2.24, 2.45) is 0 Å². The van der Waals surface area contributed by atoms with Crippen LogP contribution in [0.25, 0.3) is 0 Å². The molecule has 0 radical (unpaired) electrons. The maximum absolute atomic E-state index is 13.6. The molecule has 0 bridgehead atoms. The van der Waals surface area contributed by atoms with Gasteiger partial charge in [0.1, 0.15) is 0 Å². The second-order valence-corrected chi connectivity index (χ2v) is 7.37. The van der Waals surface area contributed by atoms with E-state index in [4.69, 9.17) is 0 Å². The molecular formula is C21H24F3N4O2+. The van der Waals surface area contributed by atoms with Crippen molar-refractivity contribution in [3.63, 3.8) is 0 Å². The number of benzene rings is 2. The van der Waals surface area contributed by atoms with Crippen LogP contribution in [0, 0.1) is 17.5 Å². The molecule has 3 N–H and O–H groups in total. The summed E-state index contributed by atoms with van der Waals surface area (Å²) in [6.45, 7) is 1.92. The molecule has 1 aliphatic heterocycles. The van der Waals surface area contributed by atoms with Crippen molar-refractivity contribution < 1.29 is 27.7 Å². The summed E-state index contributed by atoms with van der Waals surface area (Å²) in [4.78, 5) is 27.1. The Morgan fingerprint density at radius 2 is 1.50 bits per heavy atom. The minimum absolute atomic E-state index is 0.00155. The molecular weight excluding hydrogens is 397 g/mol. The van der Waals surface area contributed by atoms with E-state index in [0.29, 0.717) is 10.6 Å². The van der Waals surface area contributed by atoms with Crippen molar-refractivity contribution in [1.82, 2.24) is 0 Å². The monoisotopic (exact) mass is 421 g/mol. The lowest BCUT2D eigenvalue weighted by Gasteiger charge is -2.18. The molecule has 2 amide bonds. The van der Waals surface area contributed by atoms with Crippen molar-refractivity contribution in [2.45, 2.75) is 12.8 Å². The van der Waals surface area contributed by atoms with Gasteiger partial charge in [-0.25, -0.2) is 13.2 Å². The summed E-state index contributed by atoms with van der Waals surface area (Å²) < 4.78 is 39.8. The molecule has 2 aromatic rings. The summed E-state index contributed by atoms with van der Waals surface area (Å²) in [6.07, 6.45) is 2.37. The number of likely N-dealkylation sites (N-methyl/N-ethyl adjacent to an activating group) is 1. The summed E-state index contributed by atoms with van der Waals surface area (Å²) in [5.41, 5.74) is 1.33. The van der Waals surface area contributed by atoms with E-state index in [0.717, 1.165) is 30.9 Å². The van der Waals surface area contributed by atoms with Crippen molar-refractivity contribution in [3.8, 4) is 0 Å². The first-order valence-electron chi connectivity index (χ1n) is 9.73. The summed E-state index contributed by atoms with van der Waals surface area (Å²) >= 11 is 0. The lowest BCUT2D eigenvalue weighted by Crippen LogP contribution is -3.11. The van der Waals surface area contributed by atoms with Gasteiger partial charge < -0.3 is 20.4 Å². The lowest BCUT2D eigenvalue weighted by atomic mass is 10.2. The van der Waals surface area contributed by atoms with Gasteiger partial charge in [0.25, 0.3) is 11.8 Å². The third-order valence-corrected chi connectivity index (χ3v) is 4.86. The van der Waals surface area contributed by atoms with Gasteiger partial charge >= 0.3 is 0 Å². The van der Waals surface area contributed by atoms with Crippen LogP contribution >= 0.6 is 0 Å². The van der Waals surface area contributed by atoms with E-state index in [1.807, 2.05) is 24.3 Å². The van der Waals surface area contributed by atoms with E-state index in [1.54, 1.807) is 7.05 Å². The number of amides is 2. The van der Waals surface area contributed by atoms with Crippen molar-refractivity contribution >= 4 is 28.9 Å². The number of nitrogens with one attached hydrogen (secondary N) is 3. The largest absolute Gasteiger partial charge is 0.372 e. The summed E-state index contributed by atoms with van der Waals surface area (Å²) in [5.74, 6) is -5.36. The average Bonchev–Trinajstić information content (AvgIpc) is 3.23.